The van der Waals surface area contributed by atoms with Crippen LogP contribution in [-0.4, -0.2) is 10.9 Å². The van der Waals surface area contributed by atoms with Crippen LogP contribution in [-0.2, 0) is 6.61 Å². The Balaban J connectivity index is 2.09. The summed E-state index contributed by atoms with van der Waals surface area (Å²) in [6.45, 7) is -0.199. The highest BCUT2D eigenvalue weighted by atomic mass is 16.4. The predicted octanol–water partition coefficient (Wildman–Crippen LogP) is 2.67. The first-order valence-corrected chi connectivity index (χ1v) is 5.26. The van der Waals surface area contributed by atoms with Crippen LogP contribution in [0.25, 0.3) is 6.08 Å². The number of rotatable bonds is 4. The van der Waals surface area contributed by atoms with Crippen molar-refractivity contribution in [1.82, 2.24) is 0 Å². The van der Waals surface area contributed by atoms with Crippen LogP contribution in [0.15, 0.2) is 53.0 Å². The first kappa shape index (κ1) is 11.4. The molecule has 2 aromatic rings. The zero-order valence-electron chi connectivity index (χ0n) is 9.17. The fraction of sp³-hybridized carbons (Fsp3) is 0.0714. The molecule has 0 aliphatic carbocycles. The monoisotopic (exact) mass is 228 g/mol. The van der Waals surface area contributed by atoms with Crippen molar-refractivity contribution in [2.24, 2.45) is 0 Å². The van der Waals surface area contributed by atoms with Gasteiger partial charge in [0.15, 0.2) is 5.76 Å². The van der Waals surface area contributed by atoms with E-state index in [-0.39, 0.29) is 18.2 Å². The van der Waals surface area contributed by atoms with Gasteiger partial charge in [-0.2, -0.15) is 0 Å². The molecule has 0 fully saturated rings. The highest BCUT2D eigenvalue weighted by molar-refractivity contribution is 6.04. The van der Waals surface area contributed by atoms with Crippen LogP contribution in [0.1, 0.15) is 21.9 Å². The minimum Gasteiger partial charge on any atom is -0.455 e. The number of benzene rings is 1. The standard InChI is InChI=1S/C14H12O3/c15-10-12-7-9-14(17-12)13(16)8-6-11-4-2-1-3-5-11/h1-9,15H,10H2. The summed E-state index contributed by atoms with van der Waals surface area (Å²) in [5.74, 6) is 0.413. The molecule has 0 saturated heterocycles. The maximum atomic E-state index is 11.7. The number of carbonyl (C=O) groups is 1. The lowest BCUT2D eigenvalue weighted by atomic mass is 10.2. The molecule has 1 N–H and O–H groups in total. The van der Waals surface area contributed by atoms with Gasteiger partial charge in [0.25, 0.3) is 0 Å². The van der Waals surface area contributed by atoms with Gasteiger partial charge in [0.05, 0.1) is 0 Å². The molecule has 0 atom stereocenters. The van der Waals surface area contributed by atoms with Crippen molar-refractivity contribution in [3.63, 3.8) is 0 Å². The van der Waals surface area contributed by atoms with E-state index in [0.717, 1.165) is 5.56 Å². The molecule has 1 aromatic heterocycles. The summed E-state index contributed by atoms with van der Waals surface area (Å²) in [5.41, 5.74) is 0.954. The Morgan fingerprint density at radius 3 is 2.59 bits per heavy atom. The van der Waals surface area contributed by atoms with Gasteiger partial charge in [-0.1, -0.05) is 36.4 Å². The van der Waals surface area contributed by atoms with Crippen LogP contribution in [0.5, 0.6) is 0 Å². The molecule has 0 unspecified atom stereocenters. The Labute approximate surface area is 99.0 Å². The Hall–Kier alpha value is -2.13. The molecule has 0 amide bonds. The molecule has 3 heteroatoms. The summed E-state index contributed by atoms with van der Waals surface area (Å²) in [6, 6.07) is 12.7. The number of carbonyl (C=O) groups excluding carboxylic acids is 1. The minimum atomic E-state index is -0.214. The Kier molecular flexibility index (Phi) is 3.52. The van der Waals surface area contributed by atoms with Crippen molar-refractivity contribution in [3.8, 4) is 0 Å². The molecular weight excluding hydrogens is 216 g/mol. The largest absolute Gasteiger partial charge is 0.455 e. The van der Waals surface area contributed by atoms with Crippen molar-refractivity contribution >= 4 is 11.9 Å². The van der Waals surface area contributed by atoms with Crippen molar-refractivity contribution in [1.29, 1.82) is 0 Å². The molecule has 0 aliphatic rings. The first-order chi connectivity index (χ1) is 8.29. The van der Waals surface area contributed by atoms with Crippen molar-refractivity contribution in [3.05, 3.63) is 65.6 Å². The summed E-state index contributed by atoms with van der Waals surface area (Å²) in [6.07, 6.45) is 3.18. The number of aliphatic hydroxyl groups excluding tert-OH is 1. The van der Waals surface area contributed by atoms with Gasteiger partial charge in [-0.3, -0.25) is 4.79 Å². The lowest BCUT2D eigenvalue weighted by molar-refractivity contribution is 0.101. The molecule has 0 aliphatic heterocycles. The zero-order valence-corrected chi connectivity index (χ0v) is 9.17. The minimum absolute atomic E-state index is 0.199. The van der Waals surface area contributed by atoms with Gasteiger partial charge in [-0.25, -0.2) is 0 Å². The maximum absolute atomic E-state index is 11.7. The molecule has 17 heavy (non-hydrogen) atoms. The van der Waals surface area contributed by atoms with E-state index in [4.69, 9.17) is 9.52 Å². The molecule has 2 rings (SSSR count). The van der Waals surface area contributed by atoms with Crippen LogP contribution < -0.4 is 0 Å². The number of allylic oxidation sites excluding steroid dienone is 1. The fourth-order valence-electron chi connectivity index (χ4n) is 1.41. The van der Waals surface area contributed by atoms with Crippen LogP contribution in [0.4, 0.5) is 0 Å². The van der Waals surface area contributed by atoms with Crippen LogP contribution in [0.2, 0.25) is 0 Å². The first-order valence-electron chi connectivity index (χ1n) is 5.26. The summed E-state index contributed by atoms with van der Waals surface area (Å²) in [5, 5.41) is 8.82. The molecule has 1 heterocycles. The summed E-state index contributed by atoms with van der Waals surface area (Å²) < 4.78 is 5.13. The quantitative estimate of drug-likeness (QED) is 0.646. The number of hydrogen-bond acceptors (Lipinski definition) is 3. The molecular formula is C14H12O3. The molecule has 3 nitrogen and oxygen atoms in total. The van der Waals surface area contributed by atoms with E-state index in [1.165, 1.54) is 6.08 Å². The van der Waals surface area contributed by atoms with E-state index in [1.54, 1.807) is 18.2 Å². The van der Waals surface area contributed by atoms with E-state index in [0.29, 0.717) is 5.76 Å². The third-order valence-electron chi connectivity index (χ3n) is 2.29. The van der Waals surface area contributed by atoms with Crippen molar-refractivity contribution in [2.45, 2.75) is 6.61 Å². The average molecular weight is 228 g/mol. The van der Waals surface area contributed by atoms with Crippen LogP contribution >= 0.6 is 0 Å². The fourth-order valence-corrected chi connectivity index (χ4v) is 1.41. The Morgan fingerprint density at radius 2 is 1.94 bits per heavy atom. The predicted molar refractivity (Wildman–Crippen MR) is 64.4 cm³/mol. The lowest BCUT2D eigenvalue weighted by Crippen LogP contribution is -1.90. The van der Waals surface area contributed by atoms with Crippen molar-refractivity contribution < 1.29 is 14.3 Å². The Morgan fingerprint density at radius 1 is 1.18 bits per heavy atom. The average Bonchev–Trinajstić information content (AvgIpc) is 2.86. The van der Waals surface area contributed by atoms with E-state index >= 15 is 0 Å². The van der Waals surface area contributed by atoms with Gasteiger partial charge in [-0.15, -0.1) is 0 Å². The van der Waals surface area contributed by atoms with Gasteiger partial charge < -0.3 is 9.52 Å². The second kappa shape index (κ2) is 5.27. The highest BCUT2D eigenvalue weighted by Crippen LogP contribution is 2.10. The van der Waals surface area contributed by atoms with Gasteiger partial charge in [0.2, 0.25) is 5.78 Å². The second-order valence-corrected chi connectivity index (χ2v) is 3.53. The van der Waals surface area contributed by atoms with Crippen LogP contribution in [0, 0.1) is 0 Å². The van der Waals surface area contributed by atoms with E-state index in [1.807, 2.05) is 30.3 Å². The normalized spacial score (nSPS) is 10.9. The number of aliphatic hydroxyl groups is 1. The number of ketones is 1. The highest BCUT2D eigenvalue weighted by Gasteiger charge is 2.07. The van der Waals surface area contributed by atoms with E-state index in [9.17, 15) is 4.79 Å². The third-order valence-corrected chi connectivity index (χ3v) is 2.29. The molecule has 0 saturated carbocycles. The number of furan rings is 1. The Bertz CT molecular complexity index is 523. The van der Waals surface area contributed by atoms with Gasteiger partial charge in [0, 0.05) is 0 Å². The van der Waals surface area contributed by atoms with Crippen molar-refractivity contribution in [2.75, 3.05) is 0 Å². The molecule has 0 bridgehead atoms. The topological polar surface area (TPSA) is 50.4 Å². The van der Waals surface area contributed by atoms with Gasteiger partial charge in [-0.05, 0) is 23.8 Å². The SMILES string of the molecule is O=C(C=Cc1ccccc1)c1ccc(CO)o1. The van der Waals surface area contributed by atoms with Gasteiger partial charge >= 0.3 is 0 Å². The molecule has 1 aromatic carbocycles. The zero-order chi connectivity index (χ0) is 12.1. The maximum Gasteiger partial charge on any atom is 0.221 e. The number of hydrogen-bond donors (Lipinski definition) is 1. The lowest BCUT2D eigenvalue weighted by Gasteiger charge is -1.91. The summed E-state index contributed by atoms with van der Waals surface area (Å²) in [4.78, 5) is 11.7. The smallest absolute Gasteiger partial charge is 0.221 e. The van der Waals surface area contributed by atoms with E-state index < -0.39 is 0 Å². The summed E-state index contributed by atoms with van der Waals surface area (Å²) >= 11 is 0. The second-order valence-electron chi connectivity index (χ2n) is 3.53. The summed E-state index contributed by atoms with van der Waals surface area (Å²) in [7, 11) is 0. The molecule has 0 spiro atoms. The third kappa shape index (κ3) is 2.92. The van der Waals surface area contributed by atoms with Crippen LogP contribution in [0.3, 0.4) is 0 Å². The molecule has 86 valence electrons. The molecule has 0 radical (unpaired) electrons. The van der Waals surface area contributed by atoms with E-state index in [2.05, 4.69) is 0 Å². The van der Waals surface area contributed by atoms with Gasteiger partial charge in [0.1, 0.15) is 12.4 Å².